The molecule has 0 saturated heterocycles. The van der Waals surface area contributed by atoms with Gasteiger partial charge in [0.05, 0.1) is 7.11 Å². The van der Waals surface area contributed by atoms with Gasteiger partial charge in [-0.25, -0.2) is 4.72 Å². The molecule has 2 aromatic carbocycles. The molecule has 0 amide bonds. The molecule has 4 nitrogen and oxygen atoms in total. The zero-order valence-corrected chi connectivity index (χ0v) is 15.3. The summed E-state index contributed by atoms with van der Waals surface area (Å²) in [5.41, 5.74) is 0. The van der Waals surface area contributed by atoms with Crippen molar-refractivity contribution >= 4 is 56.2 Å². The van der Waals surface area contributed by atoms with Crippen molar-refractivity contribution in [2.45, 2.75) is 13.0 Å². The van der Waals surface area contributed by atoms with E-state index in [1.807, 2.05) is 42.5 Å². The number of methoxy groups -OCH3 is 1. The van der Waals surface area contributed by atoms with Crippen LogP contribution >= 0.6 is 27.6 Å². The van der Waals surface area contributed by atoms with Crippen molar-refractivity contribution in [3.05, 3.63) is 42.5 Å². The molecule has 0 fully saturated rings. The summed E-state index contributed by atoms with van der Waals surface area (Å²) >= 11 is 12.7. The molecule has 1 unspecified atom stereocenters. The van der Waals surface area contributed by atoms with Crippen LogP contribution in [0.5, 0.6) is 5.75 Å². The van der Waals surface area contributed by atoms with Crippen LogP contribution in [0.4, 0.5) is 0 Å². The molecule has 0 saturated carbocycles. The van der Waals surface area contributed by atoms with Crippen molar-refractivity contribution in [3.63, 3.8) is 0 Å². The highest BCUT2D eigenvalue weighted by molar-refractivity contribution is 8.76. The van der Waals surface area contributed by atoms with E-state index >= 15 is 0 Å². The number of nitrogens with one attached hydrogen (secondary N) is 1. The van der Waals surface area contributed by atoms with Crippen molar-refractivity contribution < 1.29 is 14.1 Å². The van der Waals surface area contributed by atoms with Gasteiger partial charge in [0.2, 0.25) is 0 Å². The third-order valence-electron chi connectivity index (χ3n) is 2.85. The summed E-state index contributed by atoms with van der Waals surface area (Å²) in [6.45, 7) is 1.67. The Morgan fingerprint density at radius 3 is 2.73 bits per heavy atom. The van der Waals surface area contributed by atoms with Crippen LogP contribution in [-0.2, 0) is 21.3 Å². The maximum atomic E-state index is 11.4. The minimum atomic E-state index is -2.72. The number of carbonyl (C=O) groups excluding carboxylic acids is 1. The highest BCUT2D eigenvalue weighted by atomic mass is 35.7. The van der Waals surface area contributed by atoms with E-state index in [-0.39, 0.29) is 5.97 Å². The molecule has 8 heteroatoms. The largest absolute Gasteiger partial charge is 0.468 e. The van der Waals surface area contributed by atoms with Gasteiger partial charge in [0.15, 0.2) is 0 Å². The third-order valence-corrected chi connectivity index (χ3v) is 6.86. The number of hydrogen-bond acceptors (Lipinski definition) is 6. The Morgan fingerprint density at radius 1 is 1.32 bits per heavy atom. The van der Waals surface area contributed by atoms with E-state index in [1.165, 1.54) is 7.11 Å². The van der Waals surface area contributed by atoms with Gasteiger partial charge in [-0.3, -0.25) is 4.79 Å². The lowest BCUT2D eigenvalue weighted by atomic mass is 10.1. The second-order valence-corrected chi connectivity index (χ2v) is 12.9. The van der Waals surface area contributed by atoms with Crippen molar-refractivity contribution in [3.8, 4) is 5.75 Å². The summed E-state index contributed by atoms with van der Waals surface area (Å²) in [6.07, 6.45) is 0. The molecular formula is C14H15ClNO3PS2. The zero-order chi connectivity index (χ0) is 16.2. The van der Waals surface area contributed by atoms with Gasteiger partial charge in [-0.05, 0) is 41.4 Å². The maximum Gasteiger partial charge on any atom is 0.323 e. The smallest absolute Gasteiger partial charge is 0.323 e. The van der Waals surface area contributed by atoms with Crippen LogP contribution < -0.4 is 9.25 Å². The van der Waals surface area contributed by atoms with Crippen LogP contribution in [0, 0.1) is 0 Å². The molecule has 0 aliphatic rings. The standard InChI is InChI=1S/C14H15ClNO3PS2/c1-10(14(17)18-2)16-22-20(15,21)19-13-9-5-7-11-6-3-4-8-12(11)13/h3-10,16H,1-2H3/t10-,20?/m0/s1. The van der Waals surface area contributed by atoms with Crippen molar-refractivity contribution in [1.82, 2.24) is 4.72 Å². The molecule has 0 aliphatic carbocycles. The summed E-state index contributed by atoms with van der Waals surface area (Å²) < 4.78 is 13.3. The van der Waals surface area contributed by atoms with E-state index in [9.17, 15) is 4.79 Å². The van der Waals surface area contributed by atoms with Crippen LogP contribution in [0.1, 0.15) is 6.92 Å². The Balaban J connectivity index is 2.11. The average Bonchev–Trinajstić information content (AvgIpc) is 2.52. The number of rotatable bonds is 6. The van der Waals surface area contributed by atoms with E-state index in [1.54, 1.807) is 6.92 Å². The van der Waals surface area contributed by atoms with Crippen LogP contribution in [0.15, 0.2) is 42.5 Å². The number of fused-ring (bicyclic) bond motifs is 1. The van der Waals surface area contributed by atoms with Gasteiger partial charge in [0, 0.05) is 17.0 Å². The molecule has 0 radical (unpaired) electrons. The van der Waals surface area contributed by atoms with E-state index in [0.717, 1.165) is 22.3 Å². The molecule has 0 heterocycles. The first kappa shape index (κ1) is 17.6. The Labute approximate surface area is 143 Å². The Morgan fingerprint density at radius 2 is 2.00 bits per heavy atom. The fraction of sp³-hybridized carbons (Fsp3) is 0.214. The SMILES string of the molecule is COC(=O)[C@H](C)NSP(=S)(Cl)Oc1cccc2ccccc12. The molecule has 1 N–H and O–H groups in total. The predicted molar refractivity (Wildman–Crippen MR) is 96.9 cm³/mol. The summed E-state index contributed by atoms with van der Waals surface area (Å²) in [7, 11) is 1.33. The number of hydrogen-bond donors (Lipinski definition) is 1. The van der Waals surface area contributed by atoms with E-state index in [0.29, 0.717) is 5.75 Å². The van der Waals surface area contributed by atoms with Gasteiger partial charge in [0.25, 0.3) is 4.82 Å². The fourth-order valence-electron chi connectivity index (χ4n) is 1.78. The van der Waals surface area contributed by atoms with Gasteiger partial charge in [0.1, 0.15) is 11.8 Å². The second-order valence-electron chi connectivity index (χ2n) is 4.45. The van der Waals surface area contributed by atoms with Crippen LogP contribution in [-0.4, -0.2) is 19.1 Å². The molecule has 0 bridgehead atoms. The first-order valence-corrected chi connectivity index (χ1v) is 11.5. The van der Waals surface area contributed by atoms with Crippen molar-refractivity contribution in [2.24, 2.45) is 0 Å². The van der Waals surface area contributed by atoms with Gasteiger partial charge in [-0.15, -0.1) is 0 Å². The summed E-state index contributed by atoms with van der Waals surface area (Å²) in [6, 6.07) is 13.0. The molecule has 0 aromatic heterocycles. The molecular weight excluding hydrogens is 361 g/mol. The van der Waals surface area contributed by atoms with E-state index in [4.69, 9.17) is 27.6 Å². The van der Waals surface area contributed by atoms with Gasteiger partial charge in [-0.1, -0.05) is 36.4 Å². The lowest BCUT2D eigenvalue weighted by Gasteiger charge is -2.19. The lowest BCUT2D eigenvalue weighted by molar-refractivity contribution is -0.142. The topological polar surface area (TPSA) is 47.6 Å². The van der Waals surface area contributed by atoms with E-state index in [2.05, 4.69) is 9.46 Å². The zero-order valence-electron chi connectivity index (χ0n) is 12.0. The summed E-state index contributed by atoms with van der Waals surface area (Å²) in [5.74, 6) is 0.251. The molecule has 118 valence electrons. The fourth-order valence-corrected chi connectivity index (χ4v) is 5.00. The van der Waals surface area contributed by atoms with Crippen molar-refractivity contribution in [2.75, 3.05) is 7.11 Å². The highest BCUT2D eigenvalue weighted by Gasteiger charge is 2.22. The summed E-state index contributed by atoms with van der Waals surface area (Å²) in [4.78, 5) is 8.64. The minimum Gasteiger partial charge on any atom is -0.468 e. The Hall–Kier alpha value is -0.780. The van der Waals surface area contributed by atoms with Crippen LogP contribution in [0.3, 0.4) is 0 Å². The number of ether oxygens (including phenoxy) is 1. The number of esters is 1. The minimum absolute atomic E-state index is 0.385. The van der Waals surface area contributed by atoms with Crippen LogP contribution in [0.2, 0.25) is 0 Å². The Bertz CT molecular complexity index is 723. The Kier molecular flexibility index (Phi) is 6.12. The molecule has 22 heavy (non-hydrogen) atoms. The summed E-state index contributed by atoms with van der Waals surface area (Å²) in [5, 5.41) is 1.99. The predicted octanol–water partition coefficient (Wildman–Crippen LogP) is 4.48. The second kappa shape index (κ2) is 7.66. The highest BCUT2D eigenvalue weighted by Crippen LogP contribution is 2.63. The van der Waals surface area contributed by atoms with Crippen molar-refractivity contribution in [1.29, 1.82) is 0 Å². The molecule has 2 rings (SSSR count). The molecule has 2 aromatic rings. The van der Waals surface area contributed by atoms with Gasteiger partial charge >= 0.3 is 5.97 Å². The first-order chi connectivity index (χ1) is 10.4. The van der Waals surface area contributed by atoms with Crippen LogP contribution in [0.25, 0.3) is 10.8 Å². The average molecular weight is 376 g/mol. The lowest BCUT2D eigenvalue weighted by Crippen LogP contribution is -2.29. The monoisotopic (exact) mass is 375 g/mol. The number of halogens is 1. The molecule has 2 atom stereocenters. The number of benzene rings is 2. The first-order valence-electron chi connectivity index (χ1n) is 6.42. The quantitative estimate of drug-likeness (QED) is 0.456. The third kappa shape index (κ3) is 4.61. The maximum absolute atomic E-state index is 11.4. The number of carbonyl (C=O) groups is 1. The molecule has 0 aliphatic heterocycles. The van der Waals surface area contributed by atoms with Gasteiger partial charge < -0.3 is 9.26 Å². The van der Waals surface area contributed by atoms with E-state index < -0.39 is 10.9 Å². The normalized spacial score (nSPS) is 15.0. The molecule has 0 spiro atoms. The van der Waals surface area contributed by atoms with Gasteiger partial charge in [-0.2, -0.15) is 0 Å².